The van der Waals surface area contributed by atoms with Crippen LogP contribution in [0.3, 0.4) is 0 Å². The van der Waals surface area contributed by atoms with Crippen LogP contribution in [0.2, 0.25) is 15.1 Å². The Morgan fingerprint density at radius 1 is 1.32 bits per heavy atom. The van der Waals surface area contributed by atoms with Crippen molar-refractivity contribution in [3.05, 3.63) is 27.2 Å². The van der Waals surface area contributed by atoms with Gasteiger partial charge in [-0.15, -0.1) is 0 Å². The molecule has 0 aromatic heterocycles. The van der Waals surface area contributed by atoms with Gasteiger partial charge in [0.1, 0.15) is 6.54 Å². The second kappa shape index (κ2) is 7.31. The molecule has 1 aromatic carbocycles. The Morgan fingerprint density at radius 2 is 1.84 bits per heavy atom. The van der Waals surface area contributed by atoms with Gasteiger partial charge in [0, 0.05) is 5.02 Å². The molecule has 0 heterocycles. The van der Waals surface area contributed by atoms with Gasteiger partial charge in [0.15, 0.2) is 6.04 Å². The summed E-state index contributed by atoms with van der Waals surface area (Å²) >= 11 is 17.7. The highest BCUT2D eigenvalue weighted by molar-refractivity contribution is 6.42. The summed E-state index contributed by atoms with van der Waals surface area (Å²) in [5.74, 6) is -0.244. The SMILES string of the molecule is C[C@H](O)C[NH2+][C@@H](C)C(=O)Nc1c(Cl)cc(Cl)cc1Cl. The van der Waals surface area contributed by atoms with Crippen LogP contribution in [-0.2, 0) is 4.79 Å². The van der Waals surface area contributed by atoms with Crippen molar-refractivity contribution in [3.8, 4) is 0 Å². The molecule has 0 unspecified atom stereocenters. The van der Waals surface area contributed by atoms with Gasteiger partial charge in [0.05, 0.1) is 21.8 Å². The number of benzene rings is 1. The van der Waals surface area contributed by atoms with E-state index in [1.165, 1.54) is 12.1 Å². The Hall–Kier alpha value is -0.520. The van der Waals surface area contributed by atoms with Gasteiger partial charge in [0.25, 0.3) is 5.91 Å². The summed E-state index contributed by atoms with van der Waals surface area (Å²) in [4.78, 5) is 11.9. The minimum absolute atomic E-state index is 0.244. The number of carbonyl (C=O) groups is 1. The minimum atomic E-state index is -0.474. The van der Waals surface area contributed by atoms with Crippen LogP contribution in [0.25, 0.3) is 0 Å². The Morgan fingerprint density at radius 3 is 2.32 bits per heavy atom. The number of quaternary nitrogens is 1. The van der Waals surface area contributed by atoms with Crippen molar-refractivity contribution in [2.24, 2.45) is 0 Å². The van der Waals surface area contributed by atoms with E-state index < -0.39 is 6.10 Å². The normalized spacial score (nSPS) is 14.0. The predicted molar refractivity (Wildman–Crippen MR) is 78.0 cm³/mol. The molecule has 0 aliphatic carbocycles. The summed E-state index contributed by atoms with van der Waals surface area (Å²) in [6, 6.07) is 2.65. The van der Waals surface area contributed by atoms with Crippen molar-refractivity contribution in [1.29, 1.82) is 0 Å². The van der Waals surface area contributed by atoms with Crippen LogP contribution in [0.4, 0.5) is 5.69 Å². The molecule has 4 N–H and O–H groups in total. The first-order chi connectivity index (χ1) is 8.81. The van der Waals surface area contributed by atoms with Gasteiger partial charge in [-0.25, -0.2) is 0 Å². The Kier molecular flexibility index (Phi) is 6.36. The second-order valence-corrected chi connectivity index (χ2v) is 5.59. The maximum atomic E-state index is 11.9. The molecule has 0 saturated carbocycles. The van der Waals surface area contributed by atoms with Crippen molar-refractivity contribution in [2.75, 3.05) is 11.9 Å². The highest BCUT2D eigenvalue weighted by Crippen LogP contribution is 2.33. The number of amides is 1. The van der Waals surface area contributed by atoms with Gasteiger partial charge in [0.2, 0.25) is 0 Å². The molecule has 0 fully saturated rings. The number of aliphatic hydroxyl groups excluding tert-OH is 1. The third kappa shape index (κ3) is 5.16. The molecule has 1 aromatic rings. The second-order valence-electron chi connectivity index (χ2n) is 4.34. The fourth-order valence-corrected chi connectivity index (χ4v) is 2.32. The number of carbonyl (C=O) groups excluding carboxylic acids is 1. The topological polar surface area (TPSA) is 65.9 Å². The first-order valence-electron chi connectivity index (χ1n) is 5.78. The average molecular weight is 327 g/mol. The monoisotopic (exact) mass is 325 g/mol. The van der Waals surface area contributed by atoms with Crippen LogP contribution in [0.5, 0.6) is 0 Å². The molecule has 19 heavy (non-hydrogen) atoms. The summed E-state index contributed by atoms with van der Waals surface area (Å²) in [6.45, 7) is 3.83. The van der Waals surface area contributed by atoms with E-state index in [1.54, 1.807) is 19.2 Å². The standard InChI is InChI=1S/C12H15Cl3N2O2/c1-6(18)5-16-7(2)12(19)17-11-9(14)3-8(13)4-10(11)15/h3-4,6-7,16,18H,5H2,1-2H3,(H,17,19)/p+1/t6-,7-/m0/s1. The average Bonchev–Trinajstić information content (AvgIpc) is 2.30. The molecule has 106 valence electrons. The molecule has 4 nitrogen and oxygen atoms in total. The lowest BCUT2D eigenvalue weighted by Gasteiger charge is -2.14. The zero-order valence-corrected chi connectivity index (χ0v) is 12.9. The van der Waals surface area contributed by atoms with Crippen molar-refractivity contribution in [2.45, 2.75) is 26.0 Å². The highest BCUT2D eigenvalue weighted by Gasteiger charge is 2.19. The van der Waals surface area contributed by atoms with Crippen LogP contribution >= 0.6 is 34.8 Å². The number of halogens is 3. The summed E-state index contributed by atoms with van der Waals surface area (Å²) in [7, 11) is 0. The molecule has 0 saturated heterocycles. The van der Waals surface area contributed by atoms with Gasteiger partial charge in [-0.05, 0) is 26.0 Å². The summed E-state index contributed by atoms with van der Waals surface area (Å²) in [5, 5.41) is 14.5. The molecular weight excluding hydrogens is 311 g/mol. The Bertz CT molecular complexity index is 443. The first-order valence-corrected chi connectivity index (χ1v) is 6.91. The molecule has 0 radical (unpaired) electrons. The lowest BCUT2D eigenvalue weighted by Crippen LogP contribution is -2.93. The van der Waals surface area contributed by atoms with E-state index in [0.29, 0.717) is 17.3 Å². The van der Waals surface area contributed by atoms with Crippen LogP contribution in [0.1, 0.15) is 13.8 Å². The maximum absolute atomic E-state index is 11.9. The summed E-state index contributed by atoms with van der Waals surface area (Å²) < 4.78 is 0. The number of rotatable bonds is 5. The maximum Gasteiger partial charge on any atom is 0.282 e. The van der Waals surface area contributed by atoms with Crippen LogP contribution in [-0.4, -0.2) is 29.7 Å². The molecular formula is C12H16Cl3N2O2+. The number of aliphatic hydroxyl groups is 1. The lowest BCUT2D eigenvalue weighted by molar-refractivity contribution is -0.678. The molecule has 0 aliphatic rings. The zero-order valence-electron chi connectivity index (χ0n) is 10.6. The quantitative estimate of drug-likeness (QED) is 0.774. The fraction of sp³-hybridized carbons (Fsp3) is 0.417. The number of nitrogens with one attached hydrogen (secondary N) is 1. The summed E-state index contributed by atoms with van der Waals surface area (Å²) in [5.41, 5.74) is 0.343. The smallest absolute Gasteiger partial charge is 0.282 e. The van der Waals surface area contributed by atoms with Crippen molar-refractivity contribution < 1.29 is 15.2 Å². The number of anilines is 1. The van der Waals surface area contributed by atoms with E-state index in [-0.39, 0.29) is 22.0 Å². The van der Waals surface area contributed by atoms with Crippen molar-refractivity contribution >= 4 is 46.4 Å². The Balaban J connectivity index is 2.72. The van der Waals surface area contributed by atoms with Crippen LogP contribution in [0, 0.1) is 0 Å². The van der Waals surface area contributed by atoms with E-state index in [9.17, 15) is 9.90 Å². The van der Waals surface area contributed by atoms with E-state index in [1.807, 2.05) is 0 Å². The predicted octanol–water partition coefficient (Wildman–Crippen LogP) is 1.92. The van der Waals surface area contributed by atoms with Gasteiger partial charge in [-0.3, -0.25) is 4.79 Å². The zero-order chi connectivity index (χ0) is 14.6. The molecule has 7 heteroatoms. The third-order valence-corrected chi connectivity index (χ3v) is 3.31. The Labute approximate surface area is 127 Å². The lowest BCUT2D eigenvalue weighted by atomic mass is 10.2. The molecule has 2 atom stereocenters. The fourth-order valence-electron chi connectivity index (χ4n) is 1.41. The van der Waals surface area contributed by atoms with Gasteiger partial charge in [-0.2, -0.15) is 0 Å². The molecule has 1 amide bonds. The number of nitrogens with two attached hydrogens (primary N) is 1. The summed E-state index contributed by atoms with van der Waals surface area (Å²) in [6.07, 6.45) is -0.474. The molecule has 0 aliphatic heterocycles. The van der Waals surface area contributed by atoms with Crippen LogP contribution < -0.4 is 10.6 Å². The van der Waals surface area contributed by atoms with Crippen LogP contribution in [0.15, 0.2) is 12.1 Å². The van der Waals surface area contributed by atoms with E-state index in [4.69, 9.17) is 34.8 Å². The third-order valence-electron chi connectivity index (χ3n) is 2.50. The largest absolute Gasteiger partial charge is 0.388 e. The molecule has 1 rings (SSSR count). The van der Waals surface area contributed by atoms with E-state index in [2.05, 4.69) is 5.32 Å². The minimum Gasteiger partial charge on any atom is -0.388 e. The van der Waals surface area contributed by atoms with Crippen molar-refractivity contribution in [1.82, 2.24) is 0 Å². The van der Waals surface area contributed by atoms with Gasteiger partial charge in [-0.1, -0.05) is 34.8 Å². The molecule has 0 bridgehead atoms. The van der Waals surface area contributed by atoms with Crippen molar-refractivity contribution in [3.63, 3.8) is 0 Å². The van der Waals surface area contributed by atoms with Gasteiger partial charge < -0.3 is 15.7 Å². The van der Waals surface area contributed by atoms with E-state index in [0.717, 1.165) is 0 Å². The van der Waals surface area contributed by atoms with Gasteiger partial charge >= 0.3 is 0 Å². The highest BCUT2D eigenvalue weighted by atomic mass is 35.5. The molecule has 0 spiro atoms. The first kappa shape index (κ1) is 16.5. The number of hydrogen-bond acceptors (Lipinski definition) is 2. The van der Waals surface area contributed by atoms with E-state index >= 15 is 0 Å². The number of hydrogen-bond donors (Lipinski definition) is 3.